The number of halogens is 1. The van der Waals surface area contributed by atoms with Crippen LogP contribution in [0.4, 0.5) is 15.8 Å². The van der Waals surface area contributed by atoms with Crippen molar-refractivity contribution in [3.05, 3.63) is 89.7 Å². The molecule has 0 amide bonds. The standard InChI is InChI=1S/C28H32FN3O2/c1-34-28-12-6-5-10-26(28)32-18-16-31(17-19-32)15-7-11-27(33)24-14-13-23(29)20-25(24)30-21-22-8-3-2-4-9-22/h2-6,8-10,12-14,20,30H,7,11,15-19,21H2,1H3. The third kappa shape index (κ3) is 6.14. The number of hydrogen-bond acceptors (Lipinski definition) is 5. The fraction of sp³-hybridized carbons (Fsp3) is 0.321. The van der Waals surface area contributed by atoms with Crippen LogP contribution >= 0.6 is 0 Å². The number of para-hydroxylation sites is 2. The molecule has 5 nitrogen and oxygen atoms in total. The van der Waals surface area contributed by atoms with Gasteiger partial charge in [0.25, 0.3) is 0 Å². The summed E-state index contributed by atoms with van der Waals surface area (Å²) in [5, 5.41) is 3.23. The summed E-state index contributed by atoms with van der Waals surface area (Å²) in [7, 11) is 1.70. The highest BCUT2D eigenvalue weighted by Crippen LogP contribution is 2.28. The fourth-order valence-corrected chi connectivity index (χ4v) is 4.40. The average Bonchev–Trinajstić information content (AvgIpc) is 2.88. The minimum absolute atomic E-state index is 0.0446. The zero-order valence-corrected chi connectivity index (χ0v) is 19.7. The third-order valence-electron chi connectivity index (χ3n) is 6.28. The summed E-state index contributed by atoms with van der Waals surface area (Å²) in [4.78, 5) is 17.7. The number of Topliss-reactive ketones (excluding diaryl/α,β-unsaturated/α-hetero) is 1. The molecule has 6 heteroatoms. The van der Waals surface area contributed by atoms with Crippen molar-refractivity contribution in [3.63, 3.8) is 0 Å². The number of carbonyl (C=O) groups is 1. The predicted molar refractivity (Wildman–Crippen MR) is 135 cm³/mol. The van der Waals surface area contributed by atoms with Crippen molar-refractivity contribution < 1.29 is 13.9 Å². The molecule has 1 saturated heterocycles. The maximum Gasteiger partial charge on any atom is 0.165 e. The van der Waals surface area contributed by atoms with Crippen LogP contribution in [0.15, 0.2) is 72.8 Å². The van der Waals surface area contributed by atoms with E-state index >= 15 is 0 Å². The van der Waals surface area contributed by atoms with Crippen LogP contribution in [0.5, 0.6) is 5.75 Å². The molecule has 0 atom stereocenters. The van der Waals surface area contributed by atoms with Gasteiger partial charge in [-0.05, 0) is 48.9 Å². The van der Waals surface area contributed by atoms with Gasteiger partial charge in [0.15, 0.2) is 5.78 Å². The SMILES string of the molecule is COc1ccccc1N1CCN(CCCC(=O)c2ccc(F)cc2NCc2ccccc2)CC1. The van der Waals surface area contributed by atoms with Gasteiger partial charge >= 0.3 is 0 Å². The highest BCUT2D eigenvalue weighted by molar-refractivity contribution is 6.01. The summed E-state index contributed by atoms with van der Waals surface area (Å²) in [5.74, 6) is 0.598. The molecule has 0 saturated carbocycles. The van der Waals surface area contributed by atoms with E-state index in [9.17, 15) is 9.18 Å². The molecule has 1 aliphatic rings. The van der Waals surface area contributed by atoms with Crippen LogP contribution in [-0.4, -0.2) is 50.5 Å². The lowest BCUT2D eigenvalue weighted by atomic mass is 10.0. The molecule has 3 aromatic carbocycles. The summed E-state index contributed by atoms with van der Waals surface area (Å²) in [6.07, 6.45) is 1.22. The number of hydrogen-bond donors (Lipinski definition) is 1. The van der Waals surface area contributed by atoms with Gasteiger partial charge in [0.05, 0.1) is 12.8 Å². The van der Waals surface area contributed by atoms with Crippen LogP contribution in [0, 0.1) is 5.82 Å². The highest BCUT2D eigenvalue weighted by atomic mass is 19.1. The van der Waals surface area contributed by atoms with Gasteiger partial charge in [-0.1, -0.05) is 42.5 Å². The molecule has 178 valence electrons. The van der Waals surface area contributed by atoms with E-state index in [1.54, 1.807) is 13.2 Å². The quantitative estimate of drug-likeness (QED) is 0.419. The summed E-state index contributed by atoms with van der Waals surface area (Å²) < 4.78 is 19.4. The molecule has 0 aromatic heterocycles. The minimum atomic E-state index is -0.347. The Bertz CT molecular complexity index is 1080. The Hall–Kier alpha value is -3.38. The van der Waals surface area contributed by atoms with Crippen molar-refractivity contribution in [2.45, 2.75) is 19.4 Å². The van der Waals surface area contributed by atoms with E-state index in [1.165, 1.54) is 12.1 Å². The number of ketones is 1. The van der Waals surface area contributed by atoms with Crippen molar-refractivity contribution in [2.75, 3.05) is 50.1 Å². The van der Waals surface area contributed by atoms with E-state index in [2.05, 4.69) is 21.2 Å². The number of piperazine rings is 1. The van der Waals surface area contributed by atoms with E-state index in [4.69, 9.17) is 4.74 Å². The van der Waals surface area contributed by atoms with Crippen molar-refractivity contribution in [1.29, 1.82) is 0 Å². The number of benzene rings is 3. The first-order chi connectivity index (χ1) is 16.6. The summed E-state index contributed by atoms with van der Waals surface area (Å²) >= 11 is 0. The predicted octanol–water partition coefficient (Wildman–Crippen LogP) is 5.23. The summed E-state index contributed by atoms with van der Waals surface area (Å²) in [5.41, 5.74) is 3.32. The molecule has 1 N–H and O–H groups in total. The zero-order chi connectivity index (χ0) is 23.8. The number of anilines is 2. The monoisotopic (exact) mass is 461 g/mol. The Morgan fingerprint density at radius 3 is 2.47 bits per heavy atom. The van der Waals surface area contributed by atoms with Crippen molar-refractivity contribution in [1.82, 2.24) is 4.90 Å². The molecule has 1 fully saturated rings. The molecule has 3 aromatic rings. The second-order valence-electron chi connectivity index (χ2n) is 8.56. The van der Waals surface area contributed by atoms with Gasteiger partial charge in [-0.2, -0.15) is 0 Å². The van der Waals surface area contributed by atoms with Gasteiger partial charge in [0, 0.05) is 50.4 Å². The fourth-order valence-electron chi connectivity index (χ4n) is 4.40. The molecule has 1 heterocycles. The molecular weight excluding hydrogens is 429 g/mol. The van der Waals surface area contributed by atoms with Crippen LogP contribution in [0.2, 0.25) is 0 Å². The summed E-state index contributed by atoms with van der Waals surface area (Å²) in [6.45, 7) is 5.18. The zero-order valence-electron chi connectivity index (χ0n) is 19.7. The molecule has 0 spiro atoms. The Kier molecular flexibility index (Phi) is 8.15. The lowest BCUT2D eigenvalue weighted by Gasteiger charge is -2.36. The number of nitrogens with zero attached hydrogens (tertiary/aromatic N) is 2. The Labute approximate surface area is 201 Å². The number of nitrogens with one attached hydrogen (secondary N) is 1. The Morgan fingerprint density at radius 2 is 1.71 bits per heavy atom. The highest BCUT2D eigenvalue weighted by Gasteiger charge is 2.20. The summed E-state index contributed by atoms with van der Waals surface area (Å²) in [6, 6.07) is 22.4. The molecule has 0 radical (unpaired) electrons. The topological polar surface area (TPSA) is 44.8 Å². The normalized spacial score (nSPS) is 14.1. The number of carbonyl (C=O) groups excluding carboxylic acids is 1. The second kappa shape index (κ2) is 11.7. The molecule has 0 bridgehead atoms. The van der Waals surface area contributed by atoms with Crippen LogP contribution < -0.4 is 15.0 Å². The first kappa shape index (κ1) is 23.8. The van der Waals surface area contributed by atoms with E-state index in [1.807, 2.05) is 48.5 Å². The van der Waals surface area contributed by atoms with Gasteiger partial charge in [-0.3, -0.25) is 9.69 Å². The molecule has 0 unspecified atom stereocenters. The van der Waals surface area contributed by atoms with Crippen LogP contribution in [0.3, 0.4) is 0 Å². The van der Waals surface area contributed by atoms with E-state index < -0.39 is 0 Å². The molecule has 1 aliphatic heterocycles. The molecule has 34 heavy (non-hydrogen) atoms. The van der Waals surface area contributed by atoms with Gasteiger partial charge in [0.2, 0.25) is 0 Å². The van der Waals surface area contributed by atoms with Crippen molar-refractivity contribution in [2.24, 2.45) is 0 Å². The van der Waals surface area contributed by atoms with E-state index in [-0.39, 0.29) is 11.6 Å². The third-order valence-corrected chi connectivity index (χ3v) is 6.28. The van der Waals surface area contributed by atoms with Gasteiger partial charge < -0.3 is 15.0 Å². The van der Waals surface area contributed by atoms with E-state index in [0.717, 1.165) is 56.1 Å². The maximum atomic E-state index is 13.9. The number of methoxy groups -OCH3 is 1. The smallest absolute Gasteiger partial charge is 0.165 e. The van der Waals surface area contributed by atoms with Gasteiger partial charge in [-0.15, -0.1) is 0 Å². The molecule has 4 rings (SSSR count). The maximum absolute atomic E-state index is 13.9. The van der Waals surface area contributed by atoms with Crippen molar-refractivity contribution in [3.8, 4) is 5.75 Å². The minimum Gasteiger partial charge on any atom is -0.495 e. The Balaban J connectivity index is 1.27. The largest absolute Gasteiger partial charge is 0.495 e. The molecular formula is C28H32FN3O2. The number of rotatable bonds is 10. The van der Waals surface area contributed by atoms with Gasteiger partial charge in [0.1, 0.15) is 11.6 Å². The van der Waals surface area contributed by atoms with Crippen LogP contribution in [0.25, 0.3) is 0 Å². The Morgan fingerprint density at radius 1 is 0.971 bits per heavy atom. The van der Waals surface area contributed by atoms with Crippen molar-refractivity contribution >= 4 is 17.2 Å². The first-order valence-corrected chi connectivity index (χ1v) is 11.8. The van der Waals surface area contributed by atoms with Crippen LogP contribution in [-0.2, 0) is 6.54 Å². The first-order valence-electron chi connectivity index (χ1n) is 11.8. The number of ether oxygens (including phenoxy) is 1. The van der Waals surface area contributed by atoms with E-state index in [0.29, 0.717) is 24.2 Å². The van der Waals surface area contributed by atoms with Gasteiger partial charge in [-0.25, -0.2) is 4.39 Å². The lowest BCUT2D eigenvalue weighted by molar-refractivity contribution is 0.0975. The average molecular weight is 462 g/mol. The second-order valence-corrected chi connectivity index (χ2v) is 8.56. The molecule has 0 aliphatic carbocycles. The lowest BCUT2D eigenvalue weighted by Crippen LogP contribution is -2.46. The van der Waals surface area contributed by atoms with Crippen LogP contribution in [0.1, 0.15) is 28.8 Å².